The maximum atomic E-state index is 12.0. The summed E-state index contributed by atoms with van der Waals surface area (Å²) in [5.74, 6) is 0. The van der Waals surface area contributed by atoms with Gasteiger partial charge in [-0.1, -0.05) is 36.4 Å². The molecule has 0 aromatic heterocycles. The van der Waals surface area contributed by atoms with Crippen molar-refractivity contribution in [2.75, 3.05) is 0 Å². The first-order valence-electron chi connectivity index (χ1n) is 9.73. The number of rotatable bonds is 3. The van der Waals surface area contributed by atoms with Crippen LogP contribution in [0.4, 0.5) is 4.79 Å². The zero-order chi connectivity index (χ0) is 20.7. The second-order valence-corrected chi connectivity index (χ2v) is 9.30. The lowest BCUT2D eigenvalue weighted by Gasteiger charge is -2.32. The van der Waals surface area contributed by atoms with Gasteiger partial charge in [0, 0.05) is 6.54 Å². The Bertz CT molecular complexity index is 870. The molecule has 6 heteroatoms. The van der Waals surface area contributed by atoms with Crippen LogP contribution in [0.15, 0.2) is 36.4 Å². The minimum atomic E-state index is -0.521. The SMILES string of the molecule is CC(C)(C)OC(=O)NCc1ccc(B2OC(C)(C)C(C)(C)O2)c2ccccc12. The second kappa shape index (κ2) is 7.09. The van der Waals surface area contributed by atoms with E-state index in [1.807, 2.05) is 72.7 Å². The van der Waals surface area contributed by atoms with Gasteiger partial charge in [-0.15, -0.1) is 0 Å². The topological polar surface area (TPSA) is 56.8 Å². The van der Waals surface area contributed by atoms with E-state index in [0.717, 1.165) is 21.8 Å². The Morgan fingerprint density at radius 1 is 1.00 bits per heavy atom. The van der Waals surface area contributed by atoms with Gasteiger partial charge in [-0.05, 0) is 70.3 Å². The number of carbonyl (C=O) groups is 1. The van der Waals surface area contributed by atoms with Crippen molar-refractivity contribution in [2.45, 2.75) is 71.8 Å². The molecule has 3 rings (SSSR count). The largest absolute Gasteiger partial charge is 0.495 e. The number of amides is 1. The Morgan fingerprint density at radius 3 is 2.14 bits per heavy atom. The van der Waals surface area contributed by atoms with Crippen molar-refractivity contribution in [3.8, 4) is 0 Å². The number of hydrogen-bond donors (Lipinski definition) is 1. The Labute approximate surface area is 167 Å². The second-order valence-electron chi connectivity index (χ2n) is 9.30. The van der Waals surface area contributed by atoms with Crippen LogP contribution in [0.1, 0.15) is 54.0 Å². The monoisotopic (exact) mass is 383 g/mol. The molecule has 0 bridgehead atoms. The smallest absolute Gasteiger partial charge is 0.444 e. The summed E-state index contributed by atoms with van der Waals surface area (Å²) >= 11 is 0. The molecule has 1 saturated heterocycles. The van der Waals surface area contributed by atoms with Gasteiger partial charge in [0.05, 0.1) is 11.2 Å². The average molecular weight is 383 g/mol. The average Bonchev–Trinajstić information content (AvgIpc) is 2.78. The Balaban J connectivity index is 1.87. The highest BCUT2D eigenvalue weighted by Crippen LogP contribution is 2.37. The number of ether oxygens (including phenoxy) is 1. The molecular formula is C22H30BNO4. The van der Waals surface area contributed by atoms with Gasteiger partial charge in [0.2, 0.25) is 0 Å². The molecule has 1 N–H and O–H groups in total. The van der Waals surface area contributed by atoms with Gasteiger partial charge in [-0.2, -0.15) is 0 Å². The molecule has 1 amide bonds. The Hall–Kier alpha value is -2.05. The maximum absolute atomic E-state index is 12.0. The summed E-state index contributed by atoms with van der Waals surface area (Å²) in [6.45, 7) is 14.1. The normalized spacial score (nSPS) is 18.3. The number of nitrogens with one attached hydrogen (secondary N) is 1. The van der Waals surface area contributed by atoms with Gasteiger partial charge in [0.15, 0.2) is 0 Å². The summed E-state index contributed by atoms with van der Waals surface area (Å²) in [5.41, 5.74) is 0.704. The lowest BCUT2D eigenvalue weighted by atomic mass is 9.75. The lowest BCUT2D eigenvalue weighted by Crippen LogP contribution is -2.41. The van der Waals surface area contributed by atoms with E-state index in [0.29, 0.717) is 6.54 Å². The number of benzene rings is 2. The van der Waals surface area contributed by atoms with Crippen molar-refractivity contribution in [1.29, 1.82) is 0 Å². The quantitative estimate of drug-likeness (QED) is 0.809. The summed E-state index contributed by atoms with van der Waals surface area (Å²) < 4.78 is 17.8. The molecule has 0 aliphatic carbocycles. The molecule has 1 aliphatic heterocycles. The minimum Gasteiger partial charge on any atom is -0.444 e. The van der Waals surface area contributed by atoms with E-state index in [2.05, 4.69) is 17.4 Å². The molecule has 0 atom stereocenters. The Kier molecular flexibility index (Phi) is 5.23. The van der Waals surface area contributed by atoms with E-state index >= 15 is 0 Å². The predicted octanol–water partition coefficient (Wildman–Crippen LogP) is 4.16. The van der Waals surface area contributed by atoms with E-state index in [1.165, 1.54) is 0 Å². The summed E-state index contributed by atoms with van der Waals surface area (Å²) in [4.78, 5) is 12.0. The first-order chi connectivity index (χ1) is 12.9. The van der Waals surface area contributed by atoms with E-state index < -0.39 is 30.0 Å². The third-order valence-electron chi connectivity index (χ3n) is 5.38. The van der Waals surface area contributed by atoms with Crippen LogP contribution in [-0.2, 0) is 20.6 Å². The predicted molar refractivity (Wildman–Crippen MR) is 113 cm³/mol. The van der Waals surface area contributed by atoms with Crippen molar-refractivity contribution in [1.82, 2.24) is 5.32 Å². The van der Waals surface area contributed by atoms with Crippen LogP contribution in [0.25, 0.3) is 10.8 Å². The summed E-state index contributed by atoms with van der Waals surface area (Å²) in [6, 6.07) is 12.1. The molecule has 28 heavy (non-hydrogen) atoms. The van der Waals surface area contributed by atoms with Gasteiger partial charge >= 0.3 is 13.2 Å². The van der Waals surface area contributed by atoms with Gasteiger partial charge in [-0.25, -0.2) is 4.79 Å². The fraction of sp³-hybridized carbons (Fsp3) is 0.500. The van der Waals surface area contributed by atoms with Crippen LogP contribution in [0.2, 0.25) is 0 Å². The number of carbonyl (C=O) groups excluding carboxylic acids is 1. The number of hydrogen-bond acceptors (Lipinski definition) is 4. The van der Waals surface area contributed by atoms with Crippen LogP contribution < -0.4 is 10.8 Å². The first-order valence-corrected chi connectivity index (χ1v) is 9.73. The highest BCUT2D eigenvalue weighted by atomic mass is 16.7. The van der Waals surface area contributed by atoms with Crippen LogP contribution >= 0.6 is 0 Å². The standard InChI is InChI=1S/C22H30BNO4/c1-20(2,3)26-19(25)24-14-15-12-13-18(17-11-9-8-10-16(15)17)23-27-21(4,5)22(6,7)28-23/h8-13H,14H2,1-7H3,(H,24,25). The van der Waals surface area contributed by atoms with Gasteiger partial charge in [0.25, 0.3) is 0 Å². The van der Waals surface area contributed by atoms with Gasteiger partial charge < -0.3 is 19.4 Å². The highest BCUT2D eigenvalue weighted by molar-refractivity contribution is 6.65. The van der Waals surface area contributed by atoms with Crippen LogP contribution in [0.5, 0.6) is 0 Å². The van der Waals surface area contributed by atoms with Crippen molar-refractivity contribution < 1.29 is 18.8 Å². The minimum absolute atomic E-state index is 0.388. The summed E-state index contributed by atoms with van der Waals surface area (Å²) in [5, 5.41) is 4.96. The zero-order valence-corrected chi connectivity index (χ0v) is 17.9. The molecule has 0 saturated carbocycles. The molecule has 5 nitrogen and oxygen atoms in total. The fourth-order valence-corrected chi connectivity index (χ4v) is 3.20. The van der Waals surface area contributed by atoms with Crippen LogP contribution in [-0.4, -0.2) is 30.0 Å². The molecule has 0 unspecified atom stereocenters. The van der Waals surface area contributed by atoms with Crippen molar-refractivity contribution >= 4 is 29.4 Å². The lowest BCUT2D eigenvalue weighted by molar-refractivity contribution is 0.00578. The van der Waals surface area contributed by atoms with Crippen molar-refractivity contribution in [3.05, 3.63) is 42.0 Å². The zero-order valence-electron chi connectivity index (χ0n) is 17.9. The van der Waals surface area contributed by atoms with Gasteiger partial charge in [0.1, 0.15) is 5.60 Å². The van der Waals surface area contributed by atoms with Crippen LogP contribution in [0, 0.1) is 0 Å². The van der Waals surface area contributed by atoms with Crippen LogP contribution in [0.3, 0.4) is 0 Å². The highest BCUT2D eigenvalue weighted by Gasteiger charge is 2.52. The van der Waals surface area contributed by atoms with Crippen molar-refractivity contribution in [3.63, 3.8) is 0 Å². The molecule has 1 heterocycles. The third-order valence-corrected chi connectivity index (χ3v) is 5.38. The summed E-state index contributed by atoms with van der Waals surface area (Å²) in [7, 11) is -0.428. The van der Waals surface area contributed by atoms with Crippen molar-refractivity contribution in [2.24, 2.45) is 0 Å². The molecule has 0 radical (unpaired) electrons. The summed E-state index contributed by atoms with van der Waals surface area (Å²) in [6.07, 6.45) is -0.424. The molecule has 2 aromatic carbocycles. The van der Waals surface area contributed by atoms with E-state index in [1.54, 1.807) is 0 Å². The number of fused-ring (bicyclic) bond motifs is 1. The fourth-order valence-electron chi connectivity index (χ4n) is 3.20. The molecule has 0 spiro atoms. The third kappa shape index (κ3) is 4.18. The van der Waals surface area contributed by atoms with Gasteiger partial charge in [-0.3, -0.25) is 0 Å². The van der Waals surface area contributed by atoms with E-state index in [9.17, 15) is 4.79 Å². The van der Waals surface area contributed by atoms with E-state index in [4.69, 9.17) is 14.0 Å². The Morgan fingerprint density at radius 2 is 1.57 bits per heavy atom. The molecule has 150 valence electrons. The molecule has 1 aliphatic rings. The molecule has 1 fully saturated rings. The molecular weight excluding hydrogens is 353 g/mol. The number of alkyl carbamates (subject to hydrolysis) is 1. The maximum Gasteiger partial charge on any atom is 0.495 e. The molecule has 2 aromatic rings. The first kappa shape index (κ1) is 20.7. The van der Waals surface area contributed by atoms with E-state index in [-0.39, 0.29) is 0 Å².